The molecule has 80 valence electrons. The third-order valence-corrected chi connectivity index (χ3v) is 2.91. The van der Waals surface area contributed by atoms with Gasteiger partial charge >= 0.3 is 0 Å². The molecule has 3 nitrogen and oxygen atoms in total. The normalized spacial score (nSPS) is 15.7. The molecule has 1 unspecified atom stereocenters. The predicted molar refractivity (Wildman–Crippen MR) is 58.1 cm³/mol. The second-order valence-corrected chi connectivity index (χ2v) is 4.63. The molecule has 0 rings (SSSR count). The van der Waals surface area contributed by atoms with Crippen LogP contribution in [0.4, 0.5) is 0 Å². The Morgan fingerprint density at radius 3 is 2.69 bits per heavy atom. The molecule has 0 aliphatic heterocycles. The van der Waals surface area contributed by atoms with E-state index in [9.17, 15) is 5.11 Å². The summed E-state index contributed by atoms with van der Waals surface area (Å²) in [6, 6.07) is 0. The van der Waals surface area contributed by atoms with Gasteiger partial charge in [0.25, 0.3) is 0 Å². The maximum Gasteiger partial charge on any atom is 0.0741 e. The number of rotatable bonds is 8. The third kappa shape index (κ3) is 8.56. The van der Waals surface area contributed by atoms with Crippen LogP contribution in [0.25, 0.3) is 0 Å². The van der Waals surface area contributed by atoms with Gasteiger partial charge in [-0.3, -0.25) is 0 Å². The number of aliphatic hydroxyl groups is 1. The summed E-state index contributed by atoms with van der Waals surface area (Å²) in [6.07, 6.45) is 1.79. The molecule has 4 heteroatoms. The Hall–Kier alpha value is 0.230. The number of methoxy groups -OCH3 is 1. The van der Waals surface area contributed by atoms with E-state index >= 15 is 0 Å². The van der Waals surface area contributed by atoms with Gasteiger partial charge in [-0.05, 0) is 25.5 Å². The van der Waals surface area contributed by atoms with Gasteiger partial charge in [0.05, 0.1) is 12.2 Å². The molecule has 0 fully saturated rings. The number of ether oxygens (including phenoxy) is 1. The summed E-state index contributed by atoms with van der Waals surface area (Å²) >= 11 is 1.85. The SMILES string of the molecule is COCCSCCCC(C)(O)CN. The number of nitrogens with two attached hydrogens (primary N) is 1. The minimum Gasteiger partial charge on any atom is -0.389 e. The Kier molecular flexibility index (Phi) is 7.75. The van der Waals surface area contributed by atoms with Crippen molar-refractivity contribution in [3.8, 4) is 0 Å². The van der Waals surface area contributed by atoms with Crippen LogP contribution in [-0.2, 0) is 4.74 Å². The van der Waals surface area contributed by atoms with Crippen molar-refractivity contribution in [3.05, 3.63) is 0 Å². The van der Waals surface area contributed by atoms with Gasteiger partial charge in [0.1, 0.15) is 0 Å². The first kappa shape index (κ1) is 13.2. The van der Waals surface area contributed by atoms with Gasteiger partial charge < -0.3 is 15.6 Å². The van der Waals surface area contributed by atoms with E-state index in [0.717, 1.165) is 31.0 Å². The van der Waals surface area contributed by atoms with E-state index in [2.05, 4.69) is 0 Å². The van der Waals surface area contributed by atoms with Crippen LogP contribution in [0.5, 0.6) is 0 Å². The van der Waals surface area contributed by atoms with Crippen molar-refractivity contribution in [2.24, 2.45) is 5.73 Å². The van der Waals surface area contributed by atoms with Crippen LogP contribution in [0.3, 0.4) is 0 Å². The van der Waals surface area contributed by atoms with Crippen molar-refractivity contribution in [1.82, 2.24) is 0 Å². The molecular formula is C9H21NO2S. The zero-order chi connectivity index (χ0) is 10.2. The van der Waals surface area contributed by atoms with Crippen LogP contribution in [0, 0.1) is 0 Å². The van der Waals surface area contributed by atoms with Crippen molar-refractivity contribution in [2.45, 2.75) is 25.4 Å². The molecule has 0 aromatic carbocycles. The first-order valence-electron chi connectivity index (χ1n) is 4.61. The highest BCUT2D eigenvalue weighted by Crippen LogP contribution is 2.13. The van der Waals surface area contributed by atoms with Crippen molar-refractivity contribution >= 4 is 11.8 Å². The number of hydrogen-bond donors (Lipinski definition) is 2. The van der Waals surface area contributed by atoms with Crippen LogP contribution in [0.1, 0.15) is 19.8 Å². The smallest absolute Gasteiger partial charge is 0.0741 e. The number of thioether (sulfide) groups is 1. The van der Waals surface area contributed by atoms with Crippen LogP contribution >= 0.6 is 11.8 Å². The van der Waals surface area contributed by atoms with Gasteiger partial charge in [-0.2, -0.15) is 11.8 Å². The third-order valence-electron chi connectivity index (χ3n) is 1.88. The first-order valence-corrected chi connectivity index (χ1v) is 5.77. The average molecular weight is 207 g/mol. The number of hydrogen-bond acceptors (Lipinski definition) is 4. The van der Waals surface area contributed by atoms with Crippen molar-refractivity contribution in [1.29, 1.82) is 0 Å². The Morgan fingerprint density at radius 1 is 1.46 bits per heavy atom. The zero-order valence-electron chi connectivity index (χ0n) is 8.58. The fraction of sp³-hybridized carbons (Fsp3) is 1.00. The van der Waals surface area contributed by atoms with E-state index in [-0.39, 0.29) is 0 Å². The van der Waals surface area contributed by atoms with E-state index in [1.807, 2.05) is 11.8 Å². The summed E-state index contributed by atoms with van der Waals surface area (Å²) in [6.45, 7) is 2.93. The van der Waals surface area contributed by atoms with Crippen molar-refractivity contribution in [3.63, 3.8) is 0 Å². The Balaban J connectivity index is 3.16. The molecule has 0 aliphatic carbocycles. The molecule has 0 aromatic rings. The lowest BCUT2D eigenvalue weighted by Gasteiger charge is -2.20. The predicted octanol–water partition coefficient (Wildman–Crippen LogP) is 0.856. The highest BCUT2D eigenvalue weighted by Gasteiger charge is 2.16. The Labute approximate surface area is 85.0 Å². The Bertz CT molecular complexity index is 120. The van der Waals surface area contributed by atoms with E-state index in [1.165, 1.54) is 0 Å². The van der Waals surface area contributed by atoms with Gasteiger partial charge in [-0.15, -0.1) is 0 Å². The van der Waals surface area contributed by atoms with E-state index in [4.69, 9.17) is 10.5 Å². The molecule has 0 saturated heterocycles. The average Bonchev–Trinajstić information content (AvgIpc) is 2.11. The second-order valence-electron chi connectivity index (χ2n) is 3.41. The quantitative estimate of drug-likeness (QED) is 0.580. The molecule has 3 N–H and O–H groups in total. The summed E-state index contributed by atoms with van der Waals surface area (Å²) in [5, 5.41) is 9.57. The largest absolute Gasteiger partial charge is 0.389 e. The zero-order valence-corrected chi connectivity index (χ0v) is 9.40. The molecule has 0 aliphatic rings. The first-order chi connectivity index (χ1) is 6.12. The van der Waals surface area contributed by atoms with Gasteiger partial charge in [0.15, 0.2) is 0 Å². The monoisotopic (exact) mass is 207 g/mol. The van der Waals surface area contributed by atoms with Crippen molar-refractivity contribution < 1.29 is 9.84 Å². The van der Waals surface area contributed by atoms with Gasteiger partial charge in [0.2, 0.25) is 0 Å². The molecule has 0 amide bonds. The maximum absolute atomic E-state index is 9.57. The lowest BCUT2D eigenvalue weighted by molar-refractivity contribution is 0.0596. The minimum absolute atomic E-state index is 0.343. The second kappa shape index (κ2) is 7.62. The molecule has 0 saturated carbocycles. The van der Waals surface area contributed by atoms with Crippen LogP contribution in [-0.4, -0.2) is 42.5 Å². The fourth-order valence-corrected chi connectivity index (χ4v) is 1.74. The van der Waals surface area contributed by atoms with Crippen LogP contribution < -0.4 is 5.73 Å². The topological polar surface area (TPSA) is 55.5 Å². The Morgan fingerprint density at radius 2 is 2.15 bits per heavy atom. The molecule has 0 aromatic heterocycles. The van der Waals surface area contributed by atoms with E-state index in [1.54, 1.807) is 14.0 Å². The van der Waals surface area contributed by atoms with Crippen LogP contribution in [0.2, 0.25) is 0 Å². The molecule has 0 spiro atoms. The fourth-order valence-electron chi connectivity index (χ4n) is 0.901. The molecule has 1 atom stereocenters. The summed E-state index contributed by atoms with van der Waals surface area (Å²) < 4.78 is 4.92. The summed E-state index contributed by atoms with van der Waals surface area (Å²) in [5.41, 5.74) is 4.71. The minimum atomic E-state index is -0.679. The van der Waals surface area contributed by atoms with Crippen molar-refractivity contribution in [2.75, 3.05) is 31.8 Å². The lowest BCUT2D eigenvalue weighted by atomic mass is 10.0. The summed E-state index contributed by atoms with van der Waals surface area (Å²) in [4.78, 5) is 0. The molecule has 0 bridgehead atoms. The molecule has 0 radical (unpaired) electrons. The standard InChI is InChI=1S/C9H21NO2S/c1-9(11,8-10)4-3-6-13-7-5-12-2/h11H,3-8,10H2,1-2H3. The molecule has 0 heterocycles. The van der Waals surface area contributed by atoms with Gasteiger partial charge in [-0.1, -0.05) is 0 Å². The molecule has 13 heavy (non-hydrogen) atoms. The highest BCUT2D eigenvalue weighted by molar-refractivity contribution is 7.99. The highest BCUT2D eigenvalue weighted by atomic mass is 32.2. The van der Waals surface area contributed by atoms with Gasteiger partial charge in [-0.25, -0.2) is 0 Å². The molecular weight excluding hydrogens is 186 g/mol. The lowest BCUT2D eigenvalue weighted by Crippen LogP contribution is -2.34. The van der Waals surface area contributed by atoms with Gasteiger partial charge in [0, 0.05) is 19.4 Å². The van der Waals surface area contributed by atoms with E-state index in [0.29, 0.717) is 6.54 Å². The van der Waals surface area contributed by atoms with Crippen LogP contribution in [0.15, 0.2) is 0 Å². The summed E-state index contributed by atoms with van der Waals surface area (Å²) in [5.74, 6) is 2.10. The van der Waals surface area contributed by atoms with E-state index < -0.39 is 5.60 Å². The maximum atomic E-state index is 9.57. The summed E-state index contributed by atoms with van der Waals surface area (Å²) in [7, 11) is 1.71.